The highest BCUT2D eigenvalue weighted by atomic mass is 16.5. The summed E-state index contributed by atoms with van der Waals surface area (Å²) in [5, 5.41) is 11.8. The number of aromatic amines is 1. The molecule has 3 aromatic rings. The molecule has 0 spiro atoms. The summed E-state index contributed by atoms with van der Waals surface area (Å²) >= 11 is 0. The maximum atomic E-state index is 6.05. The lowest BCUT2D eigenvalue weighted by molar-refractivity contribution is 0.183. The fraction of sp³-hybridized carbons (Fsp3) is 0.333. The molecule has 0 radical (unpaired) electrons. The molecule has 30 heavy (non-hydrogen) atoms. The lowest BCUT2D eigenvalue weighted by Gasteiger charge is -2.26. The van der Waals surface area contributed by atoms with Gasteiger partial charge in [0.15, 0.2) is 0 Å². The molecule has 0 amide bonds. The summed E-state index contributed by atoms with van der Waals surface area (Å²) in [6.45, 7) is 7.79. The summed E-state index contributed by atoms with van der Waals surface area (Å²) in [6.07, 6.45) is 5.59. The van der Waals surface area contributed by atoms with Crippen molar-refractivity contribution < 1.29 is 4.74 Å². The number of aliphatic imine (C=N–C) groups is 1. The Kier molecular flexibility index (Phi) is 6.44. The van der Waals surface area contributed by atoms with E-state index < -0.39 is 0 Å². The highest BCUT2D eigenvalue weighted by molar-refractivity contribution is 6.04. The molecule has 1 fully saturated rings. The van der Waals surface area contributed by atoms with Crippen molar-refractivity contribution >= 4 is 16.7 Å². The normalized spacial score (nSPS) is 15.3. The first kappa shape index (κ1) is 20.2. The van der Waals surface area contributed by atoms with E-state index in [1.54, 1.807) is 13.2 Å². The van der Waals surface area contributed by atoms with Crippen molar-refractivity contribution in [3.63, 3.8) is 0 Å². The molecule has 0 unspecified atom stereocenters. The molecule has 156 valence electrons. The SMILES string of the molecule is C=CNC(=NC)c1ccc2[nH]nc(-c3cccc(OCCN4CCCCC4)c3)c2c1. The van der Waals surface area contributed by atoms with Crippen LogP contribution in [0.5, 0.6) is 5.75 Å². The number of hydrogen-bond acceptors (Lipinski definition) is 4. The van der Waals surface area contributed by atoms with Gasteiger partial charge < -0.3 is 10.1 Å². The number of likely N-dealkylation sites (tertiary alicyclic amines) is 1. The van der Waals surface area contributed by atoms with Crippen molar-refractivity contribution in [3.8, 4) is 17.0 Å². The Hall–Kier alpha value is -3.12. The van der Waals surface area contributed by atoms with Gasteiger partial charge >= 0.3 is 0 Å². The Morgan fingerprint density at radius 2 is 2.10 bits per heavy atom. The predicted octanol–water partition coefficient (Wildman–Crippen LogP) is 4.20. The van der Waals surface area contributed by atoms with Crippen molar-refractivity contribution in [1.29, 1.82) is 0 Å². The number of nitrogens with one attached hydrogen (secondary N) is 2. The van der Waals surface area contributed by atoms with Crippen LogP contribution in [-0.2, 0) is 0 Å². The van der Waals surface area contributed by atoms with Crippen molar-refractivity contribution in [2.75, 3.05) is 33.3 Å². The summed E-state index contributed by atoms with van der Waals surface area (Å²) in [5.74, 6) is 1.65. The van der Waals surface area contributed by atoms with E-state index in [-0.39, 0.29) is 0 Å². The number of amidine groups is 1. The van der Waals surface area contributed by atoms with Crippen molar-refractivity contribution in [1.82, 2.24) is 20.4 Å². The van der Waals surface area contributed by atoms with E-state index in [0.717, 1.165) is 45.9 Å². The molecule has 0 aliphatic carbocycles. The number of rotatable bonds is 7. The molecule has 4 rings (SSSR count). The molecule has 1 aromatic heterocycles. The summed E-state index contributed by atoms with van der Waals surface area (Å²) in [4.78, 5) is 6.79. The Morgan fingerprint density at radius 3 is 2.90 bits per heavy atom. The lowest BCUT2D eigenvalue weighted by Crippen LogP contribution is -2.33. The minimum Gasteiger partial charge on any atom is -0.492 e. The van der Waals surface area contributed by atoms with Crippen LogP contribution in [0.2, 0.25) is 0 Å². The largest absolute Gasteiger partial charge is 0.492 e. The molecule has 0 atom stereocenters. The smallest absolute Gasteiger partial charge is 0.131 e. The maximum absolute atomic E-state index is 6.05. The molecule has 2 aromatic carbocycles. The van der Waals surface area contributed by atoms with Gasteiger partial charge in [0, 0.05) is 30.1 Å². The van der Waals surface area contributed by atoms with E-state index in [9.17, 15) is 0 Å². The van der Waals surface area contributed by atoms with E-state index in [1.807, 2.05) is 24.3 Å². The van der Waals surface area contributed by atoms with E-state index in [1.165, 1.54) is 32.4 Å². The number of H-pyrrole nitrogens is 1. The molecule has 0 bridgehead atoms. The van der Waals surface area contributed by atoms with Gasteiger partial charge in [-0.25, -0.2) is 0 Å². The van der Waals surface area contributed by atoms with Crippen LogP contribution in [-0.4, -0.2) is 54.2 Å². The molecule has 1 aliphatic heterocycles. The molecule has 2 heterocycles. The molecule has 1 saturated heterocycles. The Morgan fingerprint density at radius 1 is 1.23 bits per heavy atom. The second-order valence-electron chi connectivity index (χ2n) is 7.53. The van der Waals surface area contributed by atoms with Crippen LogP contribution >= 0.6 is 0 Å². The average Bonchev–Trinajstić information content (AvgIpc) is 3.22. The average molecular weight is 404 g/mol. The van der Waals surface area contributed by atoms with Gasteiger partial charge in [0.1, 0.15) is 23.9 Å². The van der Waals surface area contributed by atoms with Crippen LogP contribution in [0.1, 0.15) is 24.8 Å². The van der Waals surface area contributed by atoms with Gasteiger partial charge in [-0.05, 0) is 62.5 Å². The van der Waals surface area contributed by atoms with Crippen molar-refractivity contribution in [3.05, 3.63) is 60.8 Å². The molecule has 0 saturated carbocycles. The molecule has 6 heteroatoms. The first-order valence-corrected chi connectivity index (χ1v) is 10.6. The van der Waals surface area contributed by atoms with E-state index in [4.69, 9.17) is 4.74 Å². The lowest BCUT2D eigenvalue weighted by atomic mass is 10.0. The fourth-order valence-electron chi connectivity index (χ4n) is 3.96. The van der Waals surface area contributed by atoms with E-state index in [2.05, 4.69) is 50.2 Å². The third-order valence-corrected chi connectivity index (χ3v) is 5.53. The zero-order chi connectivity index (χ0) is 20.8. The zero-order valence-electron chi connectivity index (χ0n) is 17.5. The summed E-state index contributed by atoms with van der Waals surface area (Å²) in [5.41, 5.74) is 3.91. The number of hydrogen-bond donors (Lipinski definition) is 2. The fourth-order valence-corrected chi connectivity index (χ4v) is 3.96. The monoisotopic (exact) mass is 403 g/mol. The van der Waals surface area contributed by atoms with Gasteiger partial charge in [-0.3, -0.25) is 15.0 Å². The highest BCUT2D eigenvalue weighted by Gasteiger charge is 2.12. The zero-order valence-corrected chi connectivity index (χ0v) is 17.5. The Labute approximate surface area is 177 Å². The number of ether oxygens (including phenoxy) is 1. The minimum absolute atomic E-state index is 0.707. The number of benzene rings is 2. The predicted molar refractivity (Wildman–Crippen MR) is 123 cm³/mol. The Bertz CT molecular complexity index is 1030. The third-order valence-electron chi connectivity index (χ3n) is 5.53. The van der Waals surface area contributed by atoms with Gasteiger partial charge in [0.25, 0.3) is 0 Å². The second-order valence-corrected chi connectivity index (χ2v) is 7.53. The molecule has 6 nitrogen and oxygen atoms in total. The first-order valence-electron chi connectivity index (χ1n) is 10.6. The number of nitrogens with zero attached hydrogens (tertiary/aromatic N) is 3. The Balaban J connectivity index is 1.53. The van der Waals surface area contributed by atoms with Crippen LogP contribution in [0, 0.1) is 0 Å². The van der Waals surface area contributed by atoms with E-state index >= 15 is 0 Å². The van der Waals surface area contributed by atoms with Gasteiger partial charge in [-0.15, -0.1) is 0 Å². The van der Waals surface area contributed by atoms with Crippen LogP contribution in [0.15, 0.2) is 60.2 Å². The van der Waals surface area contributed by atoms with Crippen LogP contribution in [0.25, 0.3) is 22.2 Å². The van der Waals surface area contributed by atoms with Crippen molar-refractivity contribution in [2.24, 2.45) is 4.99 Å². The van der Waals surface area contributed by atoms with Gasteiger partial charge in [-0.1, -0.05) is 25.1 Å². The summed E-state index contributed by atoms with van der Waals surface area (Å²) in [6, 6.07) is 14.3. The van der Waals surface area contributed by atoms with Gasteiger partial charge in [0.2, 0.25) is 0 Å². The second kappa shape index (κ2) is 9.59. The highest BCUT2D eigenvalue weighted by Crippen LogP contribution is 2.29. The summed E-state index contributed by atoms with van der Waals surface area (Å²) in [7, 11) is 1.76. The molecule has 1 aliphatic rings. The number of aromatic nitrogens is 2. The standard InChI is InChI=1S/C24H29N5O/c1-3-26-24(25-2)19-10-11-22-21(17-19)23(28-27-22)18-8-7-9-20(16-18)30-15-14-29-12-5-4-6-13-29/h3,7-11,16-17H,1,4-6,12-15H2,2H3,(H,25,26)(H,27,28). The topological polar surface area (TPSA) is 65.5 Å². The van der Waals surface area contributed by atoms with Gasteiger partial charge in [0.05, 0.1) is 5.52 Å². The molecular formula is C24H29N5O. The van der Waals surface area contributed by atoms with Gasteiger partial charge in [-0.2, -0.15) is 5.10 Å². The maximum Gasteiger partial charge on any atom is 0.131 e. The molecule has 2 N–H and O–H groups in total. The quantitative estimate of drug-likeness (QED) is 0.458. The van der Waals surface area contributed by atoms with Crippen LogP contribution in [0.3, 0.4) is 0 Å². The first-order chi connectivity index (χ1) is 14.8. The summed E-state index contributed by atoms with van der Waals surface area (Å²) < 4.78 is 6.05. The molecular weight excluding hydrogens is 374 g/mol. The van der Waals surface area contributed by atoms with E-state index in [0.29, 0.717) is 6.61 Å². The third kappa shape index (κ3) is 4.54. The number of piperidine rings is 1. The van der Waals surface area contributed by atoms with Crippen LogP contribution < -0.4 is 10.1 Å². The minimum atomic E-state index is 0.707. The van der Waals surface area contributed by atoms with Crippen LogP contribution in [0.4, 0.5) is 0 Å². The number of fused-ring (bicyclic) bond motifs is 1. The van der Waals surface area contributed by atoms with Crippen molar-refractivity contribution in [2.45, 2.75) is 19.3 Å².